The molecule has 0 amide bonds. The monoisotopic (exact) mass is 346 g/mol. The van der Waals surface area contributed by atoms with Crippen molar-refractivity contribution in [3.05, 3.63) is 17.3 Å². The maximum atomic E-state index is 12.8. The van der Waals surface area contributed by atoms with Crippen LogP contribution in [0, 0.1) is 5.92 Å². The van der Waals surface area contributed by atoms with Gasteiger partial charge in [0.15, 0.2) is 0 Å². The Balaban J connectivity index is 2.23. The molecule has 1 unspecified atom stereocenters. The van der Waals surface area contributed by atoms with E-state index in [0.717, 1.165) is 25.9 Å². The first-order valence-corrected chi connectivity index (χ1v) is 9.13. The summed E-state index contributed by atoms with van der Waals surface area (Å²) in [5.41, 5.74) is 5.73. The molecule has 124 valence electrons. The molecular weight excluding hydrogens is 324 g/mol. The highest BCUT2D eigenvalue weighted by Gasteiger charge is 2.33. The maximum Gasteiger partial charge on any atom is 0.246 e. The van der Waals surface area contributed by atoms with Crippen LogP contribution in [0.2, 0.25) is 5.02 Å². The Labute approximate surface area is 137 Å². The van der Waals surface area contributed by atoms with Crippen LogP contribution in [-0.2, 0) is 10.0 Å². The molecule has 1 fully saturated rings. The van der Waals surface area contributed by atoms with Crippen LogP contribution in [0.3, 0.4) is 0 Å². The number of piperidine rings is 1. The van der Waals surface area contributed by atoms with Gasteiger partial charge in [-0.1, -0.05) is 11.6 Å². The van der Waals surface area contributed by atoms with Gasteiger partial charge in [-0.25, -0.2) is 13.4 Å². The SMILES string of the molecule is CC(C1CCN(C)CC1)N(C)S(=O)(=O)c1cc(Cl)cnc1N. The Bertz CT molecular complexity index is 630. The second-order valence-corrected chi connectivity index (χ2v) is 8.34. The van der Waals surface area contributed by atoms with E-state index in [1.54, 1.807) is 7.05 Å². The zero-order chi connectivity index (χ0) is 16.5. The zero-order valence-corrected chi connectivity index (χ0v) is 14.7. The summed E-state index contributed by atoms with van der Waals surface area (Å²) in [5, 5.41) is 0.258. The van der Waals surface area contributed by atoms with Gasteiger partial charge < -0.3 is 10.6 Å². The molecule has 0 aliphatic carbocycles. The summed E-state index contributed by atoms with van der Waals surface area (Å²) in [7, 11) is -0.0276. The standard InChI is InChI=1S/C14H23ClN4O2S/c1-10(11-4-6-18(2)7-5-11)19(3)22(20,21)13-8-12(15)9-17-14(13)16/h8-11H,4-7H2,1-3H3,(H2,16,17). The summed E-state index contributed by atoms with van der Waals surface area (Å²) in [4.78, 5) is 6.08. The molecule has 8 heteroatoms. The highest BCUT2D eigenvalue weighted by Crippen LogP contribution is 2.29. The number of halogens is 1. The molecule has 22 heavy (non-hydrogen) atoms. The van der Waals surface area contributed by atoms with Gasteiger partial charge in [0.25, 0.3) is 0 Å². The number of nitrogens with zero attached hydrogens (tertiary/aromatic N) is 3. The Morgan fingerprint density at radius 3 is 2.64 bits per heavy atom. The van der Waals surface area contributed by atoms with Crippen LogP contribution in [0.15, 0.2) is 17.2 Å². The predicted octanol–water partition coefficient (Wildman–Crippen LogP) is 1.67. The topological polar surface area (TPSA) is 79.5 Å². The molecule has 6 nitrogen and oxygen atoms in total. The number of sulfonamides is 1. The maximum absolute atomic E-state index is 12.8. The van der Waals surface area contributed by atoms with Gasteiger partial charge in [-0.3, -0.25) is 0 Å². The Morgan fingerprint density at radius 2 is 2.05 bits per heavy atom. The van der Waals surface area contributed by atoms with E-state index in [0.29, 0.717) is 5.92 Å². The van der Waals surface area contributed by atoms with E-state index in [2.05, 4.69) is 16.9 Å². The lowest BCUT2D eigenvalue weighted by atomic mass is 9.91. The fourth-order valence-electron chi connectivity index (χ4n) is 2.82. The minimum Gasteiger partial charge on any atom is -0.383 e. The number of aromatic nitrogens is 1. The van der Waals surface area contributed by atoms with Crippen molar-refractivity contribution in [3.8, 4) is 0 Å². The normalized spacial score (nSPS) is 19.5. The van der Waals surface area contributed by atoms with E-state index in [4.69, 9.17) is 17.3 Å². The summed E-state index contributed by atoms with van der Waals surface area (Å²) >= 11 is 5.87. The average molecular weight is 347 g/mol. The summed E-state index contributed by atoms with van der Waals surface area (Å²) in [6.07, 6.45) is 3.32. The molecule has 1 saturated heterocycles. The summed E-state index contributed by atoms with van der Waals surface area (Å²) in [6, 6.07) is 1.26. The molecular formula is C14H23ClN4O2S. The lowest BCUT2D eigenvalue weighted by molar-refractivity contribution is 0.165. The molecule has 0 radical (unpaired) electrons. The van der Waals surface area contributed by atoms with Crippen molar-refractivity contribution in [1.82, 2.24) is 14.2 Å². The van der Waals surface area contributed by atoms with Crippen molar-refractivity contribution in [2.75, 3.05) is 32.9 Å². The zero-order valence-electron chi connectivity index (χ0n) is 13.2. The number of anilines is 1. The highest BCUT2D eigenvalue weighted by atomic mass is 35.5. The first kappa shape index (κ1) is 17.5. The van der Waals surface area contributed by atoms with Crippen LogP contribution in [0.4, 0.5) is 5.82 Å². The summed E-state index contributed by atoms with van der Waals surface area (Å²) in [5.74, 6) is 0.316. The number of hydrogen-bond donors (Lipinski definition) is 1. The van der Waals surface area contributed by atoms with Crippen molar-refractivity contribution in [3.63, 3.8) is 0 Å². The molecule has 0 saturated carbocycles. The second kappa shape index (κ2) is 6.70. The van der Waals surface area contributed by atoms with Crippen molar-refractivity contribution in [2.45, 2.75) is 30.7 Å². The average Bonchev–Trinajstić information content (AvgIpc) is 2.48. The molecule has 2 N–H and O–H groups in total. The van der Waals surface area contributed by atoms with E-state index in [1.807, 2.05) is 6.92 Å². The minimum atomic E-state index is -3.71. The fourth-order valence-corrected chi connectivity index (χ4v) is 4.56. The fraction of sp³-hybridized carbons (Fsp3) is 0.643. The Hall–Kier alpha value is -0.890. The Morgan fingerprint density at radius 1 is 1.45 bits per heavy atom. The van der Waals surface area contributed by atoms with Crippen LogP contribution in [0.25, 0.3) is 0 Å². The smallest absolute Gasteiger partial charge is 0.246 e. The molecule has 1 aromatic rings. The molecule has 1 aliphatic rings. The number of hydrogen-bond acceptors (Lipinski definition) is 5. The van der Waals surface area contributed by atoms with Crippen LogP contribution < -0.4 is 5.73 Å². The van der Waals surface area contributed by atoms with Crippen molar-refractivity contribution >= 4 is 27.4 Å². The van der Waals surface area contributed by atoms with E-state index in [-0.39, 0.29) is 21.8 Å². The van der Waals surface area contributed by atoms with Crippen molar-refractivity contribution in [1.29, 1.82) is 0 Å². The summed E-state index contributed by atoms with van der Waals surface area (Å²) in [6.45, 7) is 3.93. The van der Waals surface area contributed by atoms with Gasteiger partial charge in [0.1, 0.15) is 10.7 Å². The predicted molar refractivity (Wildman–Crippen MR) is 88.3 cm³/mol. The quantitative estimate of drug-likeness (QED) is 0.897. The van der Waals surface area contributed by atoms with Crippen molar-refractivity contribution in [2.24, 2.45) is 5.92 Å². The summed E-state index contributed by atoms with van der Waals surface area (Å²) < 4.78 is 27.0. The molecule has 0 aromatic carbocycles. The minimum absolute atomic E-state index is 0.0215. The molecule has 1 aromatic heterocycles. The molecule has 1 aliphatic heterocycles. The number of nitrogen functional groups attached to an aromatic ring is 1. The third-order valence-corrected chi connectivity index (χ3v) is 6.70. The van der Waals surface area contributed by atoms with E-state index in [9.17, 15) is 8.42 Å². The van der Waals surface area contributed by atoms with Crippen LogP contribution in [0.1, 0.15) is 19.8 Å². The third kappa shape index (κ3) is 3.53. The lowest BCUT2D eigenvalue weighted by Gasteiger charge is -2.36. The van der Waals surface area contributed by atoms with Crippen LogP contribution in [-0.4, -0.2) is 55.8 Å². The van der Waals surface area contributed by atoms with Gasteiger partial charge in [-0.15, -0.1) is 0 Å². The molecule has 0 bridgehead atoms. The van der Waals surface area contributed by atoms with E-state index < -0.39 is 10.0 Å². The molecule has 0 spiro atoms. The van der Waals surface area contributed by atoms with Gasteiger partial charge in [0.05, 0.1) is 5.02 Å². The number of likely N-dealkylation sites (tertiary alicyclic amines) is 1. The second-order valence-electron chi connectivity index (χ2n) is 5.94. The molecule has 1 atom stereocenters. The lowest BCUT2D eigenvalue weighted by Crippen LogP contribution is -2.44. The van der Waals surface area contributed by atoms with Crippen molar-refractivity contribution < 1.29 is 8.42 Å². The van der Waals surface area contributed by atoms with E-state index in [1.165, 1.54) is 16.6 Å². The molecule has 2 heterocycles. The van der Waals surface area contributed by atoms with Gasteiger partial charge in [-0.05, 0) is 51.9 Å². The first-order chi connectivity index (χ1) is 10.2. The van der Waals surface area contributed by atoms with Gasteiger partial charge in [-0.2, -0.15) is 4.31 Å². The van der Waals surface area contributed by atoms with Gasteiger partial charge in [0.2, 0.25) is 10.0 Å². The van der Waals surface area contributed by atoms with Gasteiger partial charge >= 0.3 is 0 Å². The van der Waals surface area contributed by atoms with Crippen LogP contribution in [0.5, 0.6) is 0 Å². The third-order valence-electron chi connectivity index (χ3n) is 4.52. The number of pyridine rings is 1. The largest absolute Gasteiger partial charge is 0.383 e. The highest BCUT2D eigenvalue weighted by molar-refractivity contribution is 7.89. The van der Waals surface area contributed by atoms with E-state index >= 15 is 0 Å². The van der Waals surface area contributed by atoms with Crippen LogP contribution >= 0.6 is 11.6 Å². The Kier molecular flexibility index (Phi) is 5.32. The molecule has 2 rings (SSSR count). The number of nitrogens with two attached hydrogens (primary N) is 1. The van der Waals surface area contributed by atoms with Gasteiger partial charge in [0, 0.05) is 19.3 Å². The number of rotatable bonds is 4. The first-order valence-electron chi connectivity index (χ1n) is 7.31.